The number of H-pyrrole nitrogens is 1. The predicted octanol–water partition coefficient (Wildman–Crippen LogP) is 2.92. The fourth-order valence-electron chi connectivity index (χ4n) is 4.27. The number of aryl methyl sites for hydroxylation is 3. The normalized spacial score (nSPS) is 12.8. The number of nitrogens with zero attached hydrogens (tertiary/aromatic N) is 2. The van der Waals surface area contributed by atoms with E-state index in [9.17, 15) is 14.4 Å². The molecule has 0 radical (unpaired) electrons. The molecule has 2 heterocycles. The Morgan fingerprint density at radius 3 is 2.76 bits per heavy atom. The van der Waals surface area contributed by atoms with Crippen molar-refractivity contribution in [3.05, 3.63) is 67.5 Å². The quantitative estimate of drug-likeness (QED) is 0.513. The number of amides is 1. The average molecular weight is 451 g/mol. The topological polar surface area (TPSA) is 106 Å². The van der Waals surface area contributed by atoms with E-state index in [1.807, 2.05) is 26.8 Å². The molecule has 33 heavy (non-hydrogen) atoms. The number of aromatic nitrogens is 3. The fourth-order valence-corrected chi connectivity index (χ4v) is 4.27. The van der Waals surface area contributed by atoms with Crippen molar-refractivity contribution in [2.75, 3.05) is 13.2 Å². The number of hydrogen-bond acceptors (Lipinski definition) is 5. The zero-order valence-corrected chi connectivity index (χ0v) is 19.4. The van der Waals surface area contributed by atoms with Crippen LogP contribution in [0.5, 0.6) is 5.75 Å². The highest BCUT2D eigenvalue weighted by molar-refractivity contribution is 6.05. The molecule has 0 unspecified atom stereocenters. The van der Waals surface area contributed by atoms with E-state index in [0.717, 1.165) is 18.6 Å². The number of aromatic amines is 1. The Kier molecular flexibility index (Phi) is 6.62. The first-order chi connectivity index (χ1) is 15.9. The minimum atomic E-state index is -0.607. The zero-order chi connectivity index (χ0) is 23.5. The van der Waals surface area contributed by atoms with Gasteiger partial charge in [0, 0.05) is 12.2 Å². The van der Waals surface area contributed by atoms with Gasteiger partial charge >= 0.3 is 5.69 Å². The van der Waals surface area contributed by atoms with Gasteiger partial charge in [-0.1, -0.05) is 26.8 Å². The second kappa shape index (κ2) is 9.60. The molecule has 3 aromatic rings. The molecule has 174 valence electrons. The van der Waals surface area contributed by atoms with Gasteiger partial charge in [0.2, 0.25) is 0 Å². The number of pyridine rings is 1. The molecule has 8 nitrogen and oxygen atoms in total. The molecule has 0 aliphatic heterocycles. The SMILES string of the molecule is CCCn1c(=O)[nH]c(=O)c2c(C(=O)NCCOc3ccc4c(c3)CCC4)cc(C(C)C)nc21. The monoisotopic (exact) mass is 450 g/mol. The van der Waals surface area contributed by atoms with Crippen molar-refractivity contribution < 1.29 is 9.53 Å². The molecule has 1 aromatic carbocycles. The molecule has 1 amide bonds. The van der Waals surface area contributed by atoms with Crippen LogP contribution in [0.4, 0.5) is 0 Å². The lowest BCUT2D eigenvalue weighted by Crippen LogP contribution is -2.34. The van der Waals surface area contributed by atoms with Crippen LogP contribution in [-0.4, -0.2) is 33.6 Å². The van der Waals surface area contributed by atoms with E-state index in [1.54, 1.807) is 6.07 Å². The summed E-state index contributed by atoms with van der Waals surface area (Å²) < 4.78 is 7.24. The van der Waals surface area contributed by atoms with Crippen molar-refractivity contribution in [1.29, 1.82) is 0 Å². The van der Waals surface area contributed by atoms with Gasteiger partial charge in [-0.15, -0.1) is 0 Å². The smallest absolute Gasteiger partial charge is 0.329 e. The molecule has 2 N–H and O–H groups in total. The fraction of sp³-hybridized carbons (Fsp3) is 0.440. The lowest BCUT2D eigenvalue weighted by molar-refractivity contribution is 0.0948. The number of rotatable bonds is 8. The minimum Gasteiger partial charge on any atom is -0.492 e. The molecule has 4 rings (SSSR count). The van der Waals surface area contributed by atoms with Gasteiger partial charge in [0.15, 0.2) is 5.65 Å². The molecule has 1 aliphatic carbocycles. The van der Waals surface area contributed by atoms with Crippen LogP contribution in [0.1, 0.15) is 66.7 Å². The van der Waals surface area contributed by atoms with E-state index >= 15 is 0 Å². The molecule has 0 fully saturated rings. The Hall–Kier alpha value is -3.42. The molecule has 0 bridgehead atoms. The molecule has 2 aromatic heterocycles. The van der Waals surface area contributed by atoms with Gasteiger partial charge in [0.1, 0.15) is 12.4 Å². The Balaban J connectivity index is 1.56. The Morgan fingerprint density at radius 1 is 1.21 bits per heavy atom. The van der Waals surface area contributed by atoms with Gasteiger partial charge in [-0.05, 0) is 60.9 Å². The summed E-state index contributed by atoms with van der Waals surface area (Å²) in [6, 6.07) is 7.78. The standard InChI is InChI=1S/C25H30N4O4/c1-4-11-29-22-21(24(31)28-25(29)32)19(14-20(27-22)15(2)3)23(30)26-10-12-33-18-9-8-16-6-5-7-17(16)13-18/h8-9,13-15H,4-7,10-12H2,1-3H3,(H,26,30)(H,28,31,32). The van der Waals surface area contributed by atoms with Crippen LogP contribution in [0.25, 0.3) is 11.0 Å². The molecule has 1 aliphatic rings. The summed E-state index contributed by atoms with van der Waals surface area (Å²) in [5.41, 5.74) is 2.70. The Labute approximate surface area is 192 Å². The Morgan fingerprint density at radius 2 is 2.00 bits per heavy atom. The number of nitrogens with one attached hydrogen (secondary N) is 2. The van der Waals surface area contributed by atoms with E-state index in [-0.39, 0.29) is 29.1 Å². The van der Waals surface area contributed by atoms with Crippen LogP contribution in [0.2, 0.25) is 0 Å². The summed E-state index contributed by atoms with van der Waals surface area (Å²) in [6.45, 7) is 6.83. The van der Waals surface area contributed by atoms with Crippen molar-refractivity contribution in [2.45, 2.75) is 58.9 Å². The second-order valence-corrected chi connectivity index (χ2v) is 8.75. The van der Waals surface area contributed by atoms with Gasteiger partial charge in [0.05, 0.1) is 17.5 Å². The van der Waals surface area contributed by atoms with Gasteiger partial charge in [0.25, 0.3) is 11.5 Å². The first-order valence-electron chi connectivity index (χ1n) is 11.6. The van der Waals surface area contributed by atoms with E-state index < -0.39 is 17.2 Å². The van der Waals surface area contributed by atoms with Crippen molar-refractivity contribution >= 4 is 16.9 Å². The zero-order valence-electron chi connectivity index (χ0n) is 19.4. The minimum absolute atomic E-state index is 0.0218. The summed E-state index contributed by atoms with van der Waals surface area (Å²) in [7, 11) is 0. The summed E-state index contributed by atoms with van der Waals surface area (Å²) in [4.78, 5) is 45.0. The molecular formula is C25H30N4O4. The van der Waals surface area contributed by atoms with Crippen molar-refractivity contribution in [3.63, 3.8) is 0 Å². The number of fused-ring (bicyclic) bond motifs is 2. The molecule has 8 heteroatoms. The molecule has 0 atom stereocenters. The summed E-state index contributed by atoms with van der Waals surface area (Å²) in [5.74, 6) is 0.420. The summed E-state index contributed by atoms with van der Waals surface area (Å²) >= 11 is 0. The second-order valence-electron chi connectivity index (χ2n) is 8.75. The van der Waals surface area contributed by atoms with E-state index in [0.29, 0.717) is 25.3 Å². The van der Waals surface area contributed by atoms with Crippen LogP contribution in [-0.2, 0) is 19.4 Å². The molecule has 0 saturated carbocycles. The van der Waals surface area contributed by atoms with Gasteiger partial charge in [-0.25, -0.2) is 9.78 Å². The lowest BCUT2D eigenvalue weighted by Gasteiger charge is -2.15. The summed E-state index contributed by atoms with van der Waals surface area (Å²) in [5, 5.41) is 2.97. The maximum absolute atomic E-state index is 13.1. The number of ether oxygens (including phenoxy) is 1. The lowest BCUT2D eigenvalue weighted by atomic mass is 10.0. The third-order valence-corrected chi connectivity index (χ3v) is 5.98. The predicted molar refractivity (Wildman–Crippen MR) is 127 cm³/mol. The molecule has 0 saturated heterocycles. The van der Waals surface area contributed by atoms with Gasteiger partial charge < -0.3 is 10.1 Å². The third kappa shape index (κ3) is 4.69. The average Bonchev–Trinajstić information content (AvgIpc) is 3.26. The Bertz CT molecular complexity index is 1310. The van der Waals surface area contributed by atoms with E-state index in [1.165, 1.54) is 22.1 Å². The van der Waals surface area contributed by atoms with Gasteiger partial charge in [-0.2, -0.15) is 0 Å². The van der Waals surface area contributed by atoms with Crippen LogP contribution in [0.15, 0.2) is 33.9 Å². The number of benzene rings is 1. The van der Waals surface area contributed by atoms with Crippen LogP contribution in [0.3, 0.4) is 0 Å². The van der Waals surface area contributed by atoms with Crippen LogP contribution in [0, 0.1) is 0 Å². The van der Waals surface area contributed by atoms with E-state index in [4.69, 9.17) is 4.74 Å². The van der Waals surface area contributed by atoms with E-state index in [2.05, 4.69) is 27.4 Å². The highest BCUT2D eigenvalue weighted by Crippen LogP contribution is 2.26. The highest BCUT2D eigenvalue weighted by Gasteiger charge is 2.20. The molecule has 0 spiro atoms. The first-order valence-corrected chi connectivity index (χ1v) is 11.6. The summed E-state index contributed by atoms with van der Waals surface area (Å²) in [6.07, 6.45) is 4.07. The van der Waals surface area contributed by atoms with Crippen LogP contribution < -0.4 is 21.3 Å². The van der Waals surface area contributed by atoms with Crippen molar-refractivity contribution in [1.82, 2.24) is 19.9 Å². The largest absolute Gasteiger partial charge is 0.492 e. The van der Waals surface area contributed by atoms with Crippen molar-refractivity contribution in [3.8, 4) is 5.75 Å². The number of carbonyl (C=O) groups excluding carboxylic acids is 1. The number of hydrogen-bond donors (Lipinski definition) is 2. The van der Waals surface area contributed by atoms with Crippen LogP contribution >= 0.6 is 0 Å². The first kappa shape index (κ1) is 22.8. The van der Waals surface area contributed by atoms with Gasteiger partial charge in [-0.3, -0.25) is 19.1 Å². The third-order valence-electron chi connectivity index (χ3n) is 5.98. The number of carbonyl (C=O) groups is 1. The highest BCUT2D eigenvalue weighted by atomic mass is 16.5. The van der Waals surface area contributed by atoms with Crippen molar-refractivity contribution in [2.24, 2.45) is 0 Å². The maximum Gasteiger partial charge on any atom is 0.329 e. The molecular weight excluding hydrogens is 420 g/mol. The maximum atomic E-state index is 13.1.